The molecule has 0 aromatic heterocycles. The molecule has 86 valence electrons. The third-order valence-electron chi connectivity index (χ3n) is 3.13. The van der Waals surface area contributed by atoms with Gasteiger partial charge < -0.3 is 4.90 Å². The van der Waals surface area contributed by atoms with E-state index in [4.69, 9.17) is 0 Å². The minimum atomic E-state index is -0.357. The van der Waals surface area contributed by atoms with Crippen molar-refractivity contribution < 1.29 is 9.18 Å². The largest absolute Gasteiger partial charge is 0.370 e. The second-order valence-electron chi connectivity index (χ2n) is 5.16. The molecule has 0 bridgehead atoms. The van der Waals surface area contributed by atoms with Crippen LogP contribution < -0.4 is 4.90 Å². The van der Waals surface area contributed by atoms with Crippen molar-refractivity contribution in [1.82, 2.24) is 0 Å². The Hall–Kier alpha value is -1.38. The standard InChI is InChI=1S/C13H16FNO/c1-13(2)5-6-15(9-13)12-4-3-11(14)7-10(12)8-16/h3-4,7-8H,5-6,9H2,1-2H3. The molecule has 1 aromatic carbocycles. The molecule has 1 aliphatic heterocycles. The van der Waals surface area contributed by atoms with Crippen LogP contribution in [0.4, 0.5) is 10.1 Å². The van der Waals surface area contributed by atoms with Crippen LogP contribution in [0.2, 0.25) is 0 Å². The van der Waals surface area contributed by atoms with Gasteiger partial charge in [-0.3, -0.25) is 4.79 Å². The van der Waals surface area contributed by atoms with E-state index in [0.717, 1.165) is 31.5 Å². The molecule has 0 N–H and O–H groups in total. The number of benzene rings is 1. The van der Waals surface area contributed by atoms with Crippen LogP contribution in [0.15, 0.2) is 18.2 Å². The van der Waals surface area contributed by atoms with Gasteiger partial charge in [-0.05, 0) is 30.0 Å². The Labute approximate surface area is 95.1 Å². The first kappa shape index (κ1) is 11.1. The number of carbonyl (C=O) groups is 1. The molecule has 1 aliphatic rings. The Bertz CT molecular complexity index is 414. The lowest BCUT2D eigenvalue weighted by molar-refractivity contribution is 0.112. The maximum atomic E-state index is 13.0. The van der Waals surface area contributed by atoms with E-state index >= 15 is 0 Å². The summed E-state index contributed by atoms with van der Waals surface area (Å²) in [4.78, 5) is 13.1. The van der Waals surface area contributed by atoms with E-state index < -0.39 is 0 Å². The van der Waals surface area contributed by atoms with Crippen LogP contribution in [0.1, 0.15) is 30.6 Å². The second kappa shape index (κ2) is 3.89. The summed E-state index contributed by atoms with van der Waals surface area (Å²) in [6.07, 6.45) is 1.83. The minimum absolute atomic E-state index is 0.272. The summed E-state index contributed by atoms with van der Waals surface area (Å²) in [6.45, 7) is 6.26. The zero-order valence-corrected chi connectivity index (χ0v) is 9.66. The van der Waals surface area contributed by atoms with E-state index in [-0.39, 0.29) is 11.2 Å². The molecule has 1 heterocycles. The monoisotopic (exact) mass is 221 g/mol. The molecule has 16 heavy (non-hydrogen) atoms. The Balaban J connectivity index is 2.31. The van der Waals surface area contributed by atoms with Crippen molar-refractivity contribution in [3.63, 3.8) is 0 Å². The predicted octanol–water partition coefficient (Wildman–Crippen LogP) is 2.87. The Morgan fingerprint density at radius 2 is 2.19 bits per heavy atom. The van der Waals surface area contributed by atoms with E-state index in [2.05, 4.69) is 18.7 Å². The summed E-state index contributed by atoms with van der Waals surface area (Å²) in [5.74, 6) is -0.357. The maximum absolute atomic E-state index is 13.0. The molecule has 0 atom stereocenters. The molecule has 0 aliphatic carbocycles. The third-order valence-corrected chi connectivity index (χ3v) is 3.13. The highest BCUT2D eigenvalue weighted by Crippen LogP contribution is 2.33. The summed E-state index contributed by atoms with van der Waals surface area (Å²) in [5, 5.41) is 0. The maximum Gasteiger partial charge on any atom is 0.152 e. The zero-order valence-electron chi connectivity index (χ0n) is 9.66. The summed E-state index contributed by atoms with van der Waals surface area (Å²) < 4.78 is 13.0. The number of nitrogens with zero attached hydrogens (tertiary/aromatic N) is 1. The van der Waals surface area contributed by atoms with Crippen molar-refractivity contribution in [3.8, 4) is 0 Å². The van der Waals surface area contributed by atoms with Gasteiger partial charge in [0.2, 0.25) is 0 Å². The lowest BCUT2D eigenvalue weighted by Crippen LogP contribution is -2.23. The zero-order chi connectivity index (χ0) is 11.8. The summed E-state index contributed by atoms with van der Waals surface area (Å²) in [7, 11) is 0. The van der Waals surface area contributed by atoms with Crippen LogP contribution in [-0.2, 0) is 0 Å². The SMILES string of the molecule is CC1(C)CCN(c2ccc(F)cc2C=O)C1. The van der Waals surface area contributed by atoms with Crippen molar-refractivity contribution >= 4 is 12.0 Å². The summed E-state index contributed by atoms with van der Waals surface area (Å²) >= 11 is 0. The quantitative estimate of drug-likeness (QED) is 0.716. The fraction of sp³-hybridized carbons (Fsp3) is 0.462. The normalized spacial score (nSPS) is 18.8. The number of anilines is 1. The number of halogens is 1. The van der Waals surface area contributed by atoms with Gasteiger partial charge in [-0.2, -0.15) is 0 Å². The predicted molar refractivity (Wildman–Crippen MR) is 62.4 cm³/mol. The van der Waals surface area contributed by atoms with Gasteiger partial charge in [-0.25, -0.2) is 4.39 Å². The molecule has 2 nitrogen and oxygen atoms in total. The molecular formula is C13H16FNO. The van der Waals surface area contributed by atoms with E-state index in [0.29, 0.717) is 5.56 Å². The summed E-state index contributed by atoms with van der Waals surface area (Å²) in [5.41, 5.74) is 1.56. The van der Waals surface area contributed by atoms with Crippen LogP contribution in [0, 0.1) is 11.2 Å². The number of rotatable bonds is 2. The van der Waals surface area contributed by atoms with E-state index in [1.807, 2.05) is 0 Å². The van der Waals surface area contributed by atoms with E-state index in [1.165, 1.54) is 12.1 Å². The molecule has 0 radical (unpaired) electrons. The van der Waals surface area contributed by atoms with E-state index in [9.17, 15) is 9.18 Å². The Morgan fingerprint density at radius 3 is 2.75 bits per heavy atom. The molecule has 0 spiro atoms. The average Bonchev–Trinajstić information content (AvgIpc) is 2.58. The van der Waals surface area contributed by atoms with Gasteiger partial charge in [-0.15, -0.1) is 0 Å². The van der Waals surface area contributed by atoms with Crippen LogP contribution in [-0.4, -0.2) is 19.4 Å². The van der Waals surface area contributed by atoms with Gasteiger partial charge in [0, 0.05) is 24.3 Å². The molecule has 1 aromatic rings. The van der Waals surface area contributed by atoms with Crippen molar-refractivity contribution in [1.29, 1.82) is 0 Å². The number of carbonyl (C=O) groups excluding carboxylic acids is 1. The topological polar surface area (TPSA) is 20.3 Å². The average molecular weight is 221 g/mol. The molecule has 3 heteroatoms. The van der Waals surface area contributed by atoms with Gasteiger partial charge in [0.25, 0.3) is 0 Å². The molecule has 0 saturated carbocycles. The fourth-order valence-electron chi connectivity index (χ4n) is 2.23. The van der Waals surface area contributed by atoms with Crippen LogP contribution >= 0.6 is 0 Å². The van der Waals surface area contributed by atoms with Gasteiger partial charge in [0.15, 0.2) is 6.29 Å². The first-order valence-corrected chi connectivity index (χ1v) is 5.51. The smallest absolute Gasteiger partial charge is 0.152 e. The lowest BCUT2D eigenvalue weighted by Gasteiger charge is -2.22. The fourth-order valence-corrected chi connectivity index (χ4v) is 2.23. The number of hydrogen-bond donors (Lipinski definition) is 0. The highest BCUT2D eigenvalue weighted by atomic mass is 19.1. The van der Waals surface area contributed by atoms with Crippen molar-refractivity contribution in [2.75, 3.05) is 18.0 Å². The minimum Gasteiger partial charge on any atom is -0.370 e. The summed E-state index contributed by atoms with van der Waals surface area (Å²) in [6, 6.07) is 4.40. The van der Waals surface area contributed by atoms with E-state index in [1.54, 1.807) is 6.07 Å². The third kappa shape index (κ3) is 2.08. The first-order chi connectivity index (χ1) is 7.52. The number of hydrogen-bond acceptors (Lipinski definition) is 2. The molecule has 1 fully saturated rings. The highest BCUT2D eigenvalue weighted by molar-refractivity contribution is 5.84. The van der Waals surface area contributed by atoms with Crippen LogP contribution in [0.5, 0.6) is 0 Å². The van der Waals surface area contributed by atoms with Gasteiger partial charge in [0.1, 0.15) is 5.82 Å². The molecule has 1 saturated heterocycles. The van der Waals surface area contributed by atoms with Gasteiger partial charge >= 0.3 is 0 Å². The van der Waals surface area contributed by atoms with Crippen molar-refractivity contribution in [2.24, 2.45) is 5.41 Å². The number of aldehydes is 1. The van der Waals surface area contributed by atoms with Gasteiger partial charge in [0.05, 0.1) is 0 Å². The molecule has 0 unspecified atom stereocenters. The first-order valence-electron chi connectivity index (χ1n) is 5.51. The van der Waals surface area contributed by atoms with Crippen LogP contribution in [0.3, 0.4) is 0 Å². The van der Waals surface area contributed by atoms with Crippen molar-refractivity contribution in [3.05, 3.63) is 29.6 Å². The molecule has 2 rings (SSSR count). The second-order valence-corrected chi connectivity index (χ2v) is 5.16. The lowest BCUT2D eigenvalue weighted by atomic mass is 9.93. The van der Waals surface area contributed by atoms with Crippen LogP contribution in [0.25, 0.3) is 0 Å². The van der Waals surface area contributed by atoms with Crippen molar-refractivity contribution in [2.45, 2.75) is 20.3 Å². The van der Waals surface area contributed by atoms with Gasteiger partial charge in [-0.1, -0.05) is 13.8 Å². The molecular weight excluding hydrogens is 205 g/mol. The molecule has 0 amide bonds. The Kier molecular flexibility index (Phi) is 2.70. The Morgan fingerprint density at radius 1 is 1.44 bits per heavy atom. The highest BCUT2D eigenvalue weighted by Gasteiger charge is 2.30.